The molecule has 0 saturated carbocycles. The molecule has 0 nitrogen and oxygen atoms in total. The van der Waals surface area contributed by atoms with E-state index in [9.17, 15) is 0 Å². The number of rotatable bonds is 3. The van der Waals surface area contributed by atoms with E-state index >= 15 is 0 Å². The molecule has 1 radical (unpaired) electrons. The van der Waals surface area contributed by atoms with Gasteiger partial charge in [0.25, 0.3) is 0 Å². The van der Waals surface area contributed by atoms with Crippen LogP contribution >= 0.6 is 22.4 Å². The lowest BCUT2D eigenvalue weighted by Gasteiger charge is -1.99. The summed E-state index contributed by atoms with van der Waals surface area (Å²) < 4.78 is 0.567. The summed E-state index contributed by atoms with van der Waals surface area (Å²) in [5.41, 5.74) is 1.24. The Kier molecular flexibility index (Phi) is 4.81. The summed E-state index contributed by atoms with van der Waals surface area (Å²) in [6.45, 7) is 8.04. The standard InChI is InChI=1S/C5H10B2I/c1-4-6-7(8)5(2)3/h2,4H2,1,3H3. The van der Waals surface area contributed by atoms with Gasteiger partial charge in [0.05, 0.1) is 7.17 Å². The Morgan fingerprint density at radius 3 is 2.50 bits per heavy atom. The zero-order valence-corrected chi connectivity index (χ0v) is 7.60. The molecule has 0 aromatic carbocycles. The average molecular weight is 219 g/mol. The van der Waals surface area contributed by atoms with Gasteiger partial charge < -0.3 is 0 Å². The molecule has 0 N–H and O–H groups in total. The number of hydrogen-bond donors (Lipinski definition) is 0. The van der Waals surface area contributed by atoms with E-state index in [-0.39, 0.29) is 0 Å². The van der Waals surface area contributed by atoms with Crippen molar-refractivity contribution >= 4 is 34.0 Å². The Bertz CT molecular complexity index is 82.5. The number of allylic oxidation sites excluding steroid dienone is 1. The number of hydrogen-bond acceptors (Lipinski definition) is 0. The average Bonchev–Trinajstić information content (AvgIpc) is 1.67. The zero-order valence-electron chi connectivity index (χ0n) is 5.45. The molecule has 0 unspecified atom stereocenters. The van der Waals surface area contributed by atoms with Crippen molar-refractivity contribution in [3.05, 3.63) is 12.1 Å². The third-order valence-corrected chi connectivity index (χ3v) is 2.49. The third-order valence-electron chi connectivity index (χ3n) is 0.913. The highest BCUT2D eigenvalue weighted by Crippen LogP contribution is 2.03. The first-order valence-electron chi connectivity index (χ1n) is 2.81. The fraction of sp³-hybridized carbons (Fsp3) is 0.600. The minimum absolute atomic E-state index is 0.567. The molecular formula is C5H10B2I. The molecule has 0 heterocycles. The second-order valence-electron chi connectivity index (χ2n) is 1.89. The molecule has 0 aromatic rings. The van der Waals surface area contributed by atoms with Gasteiger partial charge in [-0.05, 0) is 0 Å². The molecule has 0 fully saturated rings. The predicted molar refractivity (Wildman–Crippen MR) is 50.8 cm³/mol. The maximum atomic E-state index is 3.83. The van der Waals surface area contributed by atoms with Crippen LogP contribution in [-0.2, 0) is 0 Å². The maximum absolute atomic E-state index is 3.83. The molecule has 0 aliphatic heterocycles. The molecule has 3 heteroatoms. The summed E-state index contributed by atoms with van der Waals surface area (Å²) in [6.07, 6.45) is 1.14. The molecule has 0 aliphatic carbocycles. The topological polar surface area (TPSA) is 0 Å². The van der Waals surface area contributed by atoms with Crippen molar-refractivity contribution in [3.63, 3.8) is 0 Å². The summed E-state index contributed by atoms with van der Waals surface area (Å²) in [5, 5.41) is 0. The molecule has 0 rings (SSSR count). The van der Waals surface area contributed by atoms with E-state index in [4.69, 9.17) is 0 Å². The van der Waals surface area contributed by atoms with Crippen molar-refractivity contribution in [1.29, 1.82) is 0 Å². The van der Waals surface area contributed by atoms with Crippen LogP contribution in [0.15, 0.2) is 12.1 Å². The Balaban J connectivity index is 3.32. The highest BCUT2D eigenvalue weighted by molar-refractivity contribution is 14.1. The predicted octanol–water partition coefficient (Wildman–Crippen LogP) is 2.17. The Morgan fingerprint density at radius 2 is 2.38 bits per heavy atom. The number of halogens is 1. The van der Waals surface area contributed by atoms with Gasteiger partial charge in [-0.15, -0.1) is 12.1 Å². The molecule has 0 aromatic heterocycles. The molecule has 0 aliphatic rings. The van der Waals surface area contributed by atoms with Gasteiger partial charge in [0.1, 0.15) is 0 Å². The first-order chi connectivity index (χ1) is 3.68. The summed E-state index contributed by atoms with van der Waals surface area (Å²) in [4.78, 5) is 0. The van der Waals surface area contributed by atoms with E-state index in [1.807, 2.05) is 0 Å². The summed E-state index contributed by atoms with van der Waals surface area (Å²) in [7, 11) is 2.25. The minimum atomic E-state index is 0.567. The molecule has 0 atom stereocenters. The van der Waals surface area contributed by atoms with E-state index in [1.165, 1.54) is 5.47 Å². The molecule has 8 heavy (non-hydrogen) atoms. The normalized spacial score (nSPS) is 8.38. The SMILES string of the molecule is C=C(C)B(I)[B]CC. The van der Waals surface area contributed by atoms with Crippen LogP contribution in [0.4, 0.5) is 0 Å². The zero-order chi connectivity index (χ0) is 6.57. The fourth-order valence-corrected chi connectivity index (χ4v) is 0.917. The van der Waals surface area contributed by atoms with Gasteiger partial charge in [-0.3, -0.25) is 0 Å². The third kappa shape index (κ3) is 3.58. The van der Waals surface area contributed by atoms with Crippen molar-refractivity contribution in [3.8, 4) is 0 Å². The summed E-state index contributed by atoms with van der Waals surface area (Å²) >= 11 is 2.38. The first kappa shape index (κ1) is 8.60. The smallest absolute Gasteiger partial charge is 0.155 e. The van der Waals surface area contributed by atoms with E-state index in [0.29, 0.717) is 4.46 Å². The van der Waals surface area contributed by atoms with Crippen LogP contribution in [0.3, 0.4) is 0 Å². The Hall–Kier alpha value is 0.600. The molecule has 0 saturated heterocycles. The molecule has 0 bridgehead atoms. The van der Waals surface area contributed by atoms with Crippen LogP contribution in [0.25, 0.3) is 0 Å². The minimum Gasteiger partial charge on any atom is -0.155 e. The van der Waals surface area contributed by atoms with Crippen molar-refractivity contribution in [1.82, 2.24) is 0 Å². The van der Waals surface area contributed by atoms with E-state index in [1.54, 1.807) is 0 Å². The maximum Gasteiger partial charge on any atom is 0.203 e. The van der Waals surface area contributed by atoms with Crippen LogP contribution in [0.5, 0.6) is 0 Å². The van der Waals surface area contributed by atoms with Gasteiger partial charge in [-0.1, -0.05) is 20.2 Å². The van der Waals surface area contributed by atoms with Crippen LogP contribution < -0.4 is 0 Å². The van der Waals surface area contributed by atoms with Crippen molar-refractivity contribution in [2.24, 2.45) is 0 Å². The van der Waals surface area contributed by atoms with Crippen LogP contribution in [0, 0.1) is 0 Å². The highest BCUT2D eigenvalue weighted by atomic mass is 127. The van der Waals surface area contributed by atoms with E-state index in [0.717, 1.165) is 6.32 Å². The van der Waals surface area contributed by atoms with Gasteiger partial charge in [-0.2, -0.15) is 22.4 Å². The lowest BCUT2D eigenvalue weighted by Crippen LogP contribution is -2.13. The van der Waals surface area contributed by atoms with Gasteiger partial charge >= 0.3 is 0 Å². The second kappa shape index (κ2) is 4.48. The van der Waals surface area contributed by atoms with Gasteiger partial charge in [0.15, 0.2) is 0 Å². The van der Waals surface area contributed by atoms with E-state index in [2.05, 4.69) is 50.0 Å². The van der Waals surface area contributed by atoms with Gasteiger partial charge in [0, 0.05) is 0 Å². The van der Waals surface area contributed by atoms with Crippen molar-refractivity contribution in [2.45, 2.75) is 20.2 Å². The largest absolute Gasteiger partial charge is 0.203 e. The first-order valence-corrected chi connectivity index (χ1v) is 4.05. The monoisotopic (exact) mass is 219 g/mol. The Morgan fingerprint density at radius 1 is 1.88 bits per heavy atom. The van der Waals surface area contributed by atoms with Gasteiger partial charge in [-0.25, -0.2) is 0 Å². The lowest BCUT2D eigenvalue weighted by molar-refractivity contribution is 1.47. The van der Waals surface area contributed by atoms with E-state index < -0.39 is 0 Å². The molecule has 43 valence electrons. The Labute approximate surface area is 66.3 Å². The molecule has 0 spiro atoms. The van der Waals surface area contributed by atoms with Crippen LogP contribution in [-0.4, -0.2) is 11.6 Å². The fourth-order valence-electron chi connectivity index (χ4n) is 0.408. The van der Waals surface area contributed by atoms with Crippen molar-refractivity contribution in [2.75, 3.05) is 0 Å². The van der Waals surface area contributed by atoms with Gasteiger partial charge in [0.2, 0.25) is 4.46 Å². The summed E-state index contributed by atoms with van der Waals surface area (Å²) in [6, 6.07) is 0. The highest BCUT2D eigenvalue weighted by Gasteiger charge is 2.07. The molecule has 0 amide bonds. The van der Waals surface area contributed by atoms with Crippen LogP contribution in [0.2, 0.25) is 6.32 Å². The van der Waals surface area contributed by atoms with Crippen LogP contribution in [0.1, 0.15) is 13.8 Å². The molecular weight excluding hydrogens is 209 g/mol. The quantitative estimate of drug-likeness (QED) is 0.503. The lowest BCUT2D eigenvalue weighted by atomic mass is 9.35. The summed E-state index contributed by atoms with van der Waals surface area (Å²) in [5.74, 6) is 0. The van der Waals surface area contributed by atoms with Crippen molar-refractivity contribution < 1.29 is 0 Å². The second-order valence-corrected chi connectivity index (χ2v) is 3.23.